The van der Waals surface area contributed by atoms with E-state index in [1.54, 1.807) is 18.6 Å². The topological polar surface area (TPSA) is 71.7 Å². The molecule has 0 radical (unpaired) electrons. The van der Waals surface area contributed by atoms with Crippen molar-refractivity contribution in [1.82, 2.24) is 4.57 Å². The summed E-state index contributed by atoms with van der Waals surface area (Å²) in [5, 5.41) is 19.2. The summed E-state index contributed by atoms with van der Waals surface area (Å²) in [5.41, 5.74) is 1.75. The highest BCUT2D eigenvalue weighted by Gasteiger charge is 2.21. The molecule has 2 N–H and O–H groups in total. The second-order valence-electron chi connectivity index (χ2n) is 4.36. The summed E-state index contributed by atoms with van der Waals surface area (Å²) in [6, 6.07) is 5.54. The summed E-state index contributed by atoms with van der Waals surface area (Å²) in [6.45, 7) is 2.26. The average Bonchev–Trinajstić information content (AvgIpc) is 2.69. The summed E-state index contributed by atoms with van der Waals surface area (Å²) in [6.07, 6.45) is 0.502. The van der Waals surface area contributed by atoms with Crippen molar-refractivity contribution in [2.75, 3.05) is 13.7 Å². The van der Waals surface area contributed by atoms with Crippen molar-refractivity contribution >= 4 is 16.9 Å². The SMILES string of the molecule is COc1cccc2c(C)c(C(=O)O)n(CCCO)c12. The number of benzene rings is 1. The Bertz CT molecular complexity index is 615. The summed E-state index contributed by atoms with van der Waals surface area (Å²) >= 11 is 0. The van der Waals surface area contributed by atoms with Crippen LogP contribution in [0.15, 0.2) is 18.2 Å². The first-order valence-electron chi connectivity index (χ1n) is 6.11. The molecule has 0 spiro atoms. The molecule has 0 amide bonds. The van der Waals surface area contributed by atoms with Crippen LogP contribution in [0, 0.1) is 6.92 Å². The number of hydrogen-bond donors (Lipinski definition) is 2. The Labute approximate surface area is 111 Å². The van der Waals surface area contributed by atoms with Crippen molar-refractivity contribution in [3.05, 3.63) is 29.5 Å². The largest absolute Gasteiger partial charge is 0.495 e. The number of hydrogen-bond acceptors (Lipinski definition) is 3. The maximum Gasteiger partial charge on any atom is 0.352 e. The third-order valence-electron chi connectivity index (χ3n) is 3.26. The van der Waals surface area contributed by atoms with E-state index in [-0.39, 0.29) is 12.3 Å². The Morgan fingerprint density at radius 1 is 1.42 bits per heavy atom. The molecule has 1 aromatic heterocycles. The van der Waals surface area contributed by atoms with E-state index in [0.29, 0.717) is 18.7 Å². The van der Waals surface area contributed by atoms with E-state index >= 15 is 0 Å². The van der Waals surface area contributed by atoms with Crippen LogP contribution in [0.5, 0.6) is 5.75 Å². The van der Waals surface area contributed by atoms with Crippen LogP contribution in [-0.4, -0.2) is 34.5 Å². The normalized spacial score (nSPS) is 10.9. The number of aliphatic hydroxyl groups excluding tert-OH is 1. The summed E-state index contributed by atoms with van der Waals surface area (Å²) < 4.78 is 7.03. The van der Waals surface area contributed by atoms with Gasteiger partial charge in [0.1, 0.15) is 11.4 Å². The highest BCUT2D eigenvalue weighted by atomic mass is 16.5. The number of aromatic carboxylic acids is 1. The first kappa shape index (κ1) is 13.4. The molecule has 0 aliphatic heterocycles. The number of methoxy groups -OCH3 is 1. The Balaban J connectivity index is 2.77. The third kappa shape index (κ3) is 2.17. The number of ether oxygens (including phenoxy) is 1. The first-order valence-corrected chi connectivity index (χ1v) is 6.11. The van der Waals surface area contributed by atoms with Crippen molar-refractivity contribution in [2.24, 2.45) is 0 Å². The lowest BCUT2D eigenvalue weighted by molar-refractivity contribution is 0.0684. The quantitative estimate of drug-likeness (QED) is 0.866. The van der Waals surface area contributed by atoms with Gasteiger partial charge >= 0.3 is 5.97 Å². The van der Waals surface area contributed by atoms with Crippen LogP contribution < -0.4 is 4.74 Å². The molecule has 19 heavy (non-hydrogen) atoms. The van der Waals surface area contributed by atoms with Gasteiger partial charge in [0.15, 0.2) is 0 Å². The van der Waals surface area contributed by atoms with E-state index in [4.69, 9.17) is 9.84 Å². The fraction of sp³-hybridized carbons (Fsp3) is 0.357. The van der Waals surface area contributed by atoms with Gasteiger partial charge in [-0.1, -0.05) is 12.1 Å². The minimum Gasteiger partial charge on any atom is -0.495 e. The van der Waals surface area contributed by atoms with E-state index in [1.807, 2.05) is 18.2 Å². The lowest BCUT2D eigenvalue weighted by Gasteiger charge is -2.10. The van der Waals surface area contributed by atoms with E-state index < -0.39 is 5.97 Å². The molecular formula is C14H17NO4. The minimum absolute atomic E-state index is 0.0208. The van der Waals surface area contributed by atoms with Crippen LogP contribution in [0.1, 0.15) is 22.5 Å². The van der Waals surface area contributed by atoms with Gasteiger partial charge in [-0.3, -0.25) is 0 Å². The molecular weight excluding hydrogens is 246 g/mol. The van der Waals surface area contributed by atoms with E-state index in [2.05, 4.69) is 0 Å². The fourth-order valence-electron chi connectivity index (χ4n) is 2.44. The van der Waals surface area contributed by atoms with Gasteiger partial charge in [0.05, 0.1) is 12.6 Å². The predicted molar refractivity (Wildman–Crippen MR) is 71.9 cm³/mol. The average molecular weight is 263 g/mol. The molecule has 0 fully saturated rings. The number of rotatable bonds is 5. The smallest absolute Gasteiger partial charge is 0.352 e. The van der Waals surface area contributed by atoms with Crippen LogP contribution >= 0.6 is 0 Å². The van der Waals surface area contributed by atoms with Gasteiger partial charge in [0.2, 0.25) is 0 Å². The number of carbonyl (C=O) groups is 1. The number of carboxylic acids is 1. The summed E-state index contributed by atoms with van der Waals surface area (Å²) in [7, 11) is 1.56. The molecule has 0 saturated carbocycles. The fourth-order valence-corrected chi connectivity index (χ4v) is 2.44. The maximum absolute atomic E-state index is 11.5. The molecule has 0 atom stereocenters. The second-order valence-corrected chi connectivity index (χ2v) is 4.36. The van der Waals surface area contributed by atoms with Crippen LogP contribution in [0.3, 0.4) is 0 Å². The van der Waals surface area contributed by atoms with Gasteiger partial charge in [-0.2, -0.15) is 0 Å². The Morgan fingerprint density at radius 3 is 2.74 bits per heavy atom. The van der Waals surface area contributed by atoms with Crippen molar-refractivity contribution in [3.63, 3.8) is 0 Å². The summed E-state index contributed by atoms with van der Waals surface area (Å²) in [5.74, 6) is -0.320. The van der Waals surface area contributed by atoms with Crippen molar-refractivity contribution in [3.8, 4) is 5.75 Å². The Morgan fingerprint density at radius 2 is 2.16 bits per heavy atom. The Hall–Kier alpha value is -2.01. The van der Waals surface area contributed by atoms with Crippen molar-refractivity contribution in [2.45, 2.75) is 19.9 Å². The number of aromatic nitrogens is 1. The molecule has 102 valence electrons. The standard InChI is InChI=1S/C14H17NO4/c1-9-10-5-3-6-11(19-2)13(10)15(7-4-8-16)12(9)14(17)18/h3,5-6,16H,4,7-8H2,1-2H3,(H,17,18). The summed E-state index contributed by atoms with van der Waals surface area (Å²) in [4.78, 5) is 11.5. The molecule has 2 aromatic rings. The molecule has 0 aliphatic carbocycles. The zero-order valence-electron chi connectivity index (χ0n) is 11.0. The van der Waals surface area contributed by atoms with E-state index in [9.17, 15) is 9.90 Å². The third-order valence-corrected chi connectivity index (χ3v) is 3.26. The number of fused-ring (bicyclic) bond motifs is 1. The maximum atomic E-state index is 11.5. The predicted octanol–water partition coefficient (Wildman–Crippen LogP) is 2.04. The molecule has 1 aromatic carbocycles. The number of nitrogens with zero attached hydrogens (tertiary/aromatic N) is 1. The number of aliphatic hydroxyl groups is 1. The minimum atomic E-state index is -0.964. The van der Waals surface area contributed by atoms with Crippen molar-refractivity contribution < 1.29 is 19.7 Å². The molecule has 0 saturated heterocycles. The zero-order chi connectivity index (χ0) is 14.0. The lowest BCUT2D eigenvalue weighted by Crippen LogP contribution is -2.11. The van der Waals surface area contributed by atoms with Crippen LogP contribution in [0.25, 0.3) is 10.9 Å². The van der Waals surface area contributed by atoms with E-state index in [1.165, 1.54) is 0 Å². The van der Waals surface area contributed by atoms with Crippen LogP contribution in [0.2, 0.25) is 0 Å². The van der Waals surface area contributed by atoms with Gasteiger partial charge in [-0.25, -0.2) is 4.79 Å². The van der Waals surface area contributed by atoms with Crippen LogP contribution in [0.4, 0.5) is 0 Å². The second kappa shape index (κ2) is 5.32. The van der Waals surface area contributed by atoms with Gasteiger partial charge in [0, 0.05) is 18.5 Å². The molecule has 0 unspecified atom stereocenters. The Kier molecular flexibility index (Phi) is 3.76. The van der Waals surface area contributed by atoms with Gasteiger partial charge < -0.3 is 19.5 Å². The molecule has 0 bridgehead atoms. The van der Waals surface area contributed by atoms with Crippen LogP contribution in [-0.2, 0) is 6.54 Å². The molecule has 5 heteroatoms. The lowest BCUT2D eigenvalue weighted by atomic mass is 10.1. The molecule has 1 heterocycles. The first-order chi connectivity index (χ1) is 9.11. The van der Waals surface area contributed by atoms with Gasteiger partial charge in [-0.15, -0.1) is 0 Å². The van der Waals surface area contributed by atoms with Crippen molar-refractivity contribution in [1.29, 1.82) is 0 Å². The number of aryl methyl sites for hydroxylation is 2. The monoisotopic (exact) mass is 263 g/mol. The van der Waals surface area contributed by atoms with Gasteiger partial charge in [0.25, 0.3) is 0 Å². The molecule has 0 aliphatic rings. The number of para-hydroxylation sites is 1. The highest BCUT2D eigenvalue weighted by Crippen LogP contribution is 2.32. The zero-order valence-corrected chi connectivity index (χ0v) is 11.0. The molecule has 5 nitrogen and oxygen atoms in total. The highest BCUT2D eigenvalue weighted by molar-refractivity contribution is 6.00. The number of carboxylic acid groups (broad SMARTS) is 1. The molecule has 2 rings (SSSR count). The van der Waals surface area contributed by atoms with Gasteiger partial charge in [-0.05, 0) is 25.0 Å². The van der Waals surface area contributed by atoms with E-state index in [0.717, 1.165) is 16.5 Å².